The van der Waals surface area contributed by atoms with Gasteiger partial charge in [-0.15, -0.1) is 0 Å². The van der Waals surface area contributed by atoms with Crippen molar-refractivity contribution in [2.24, 2.45) is 0 Å². The van der Waals surface area contributed by atoms with E-state index in [2.05, 4.69) is 25.9 Å². The van der Waals surface area contributed by atoms with Gasteiger partial charge in [-0.1, -0.05) is 22.0 Å². The van der Waals surface area contributed by atoms with Crippen LogP contribution in [0.1, 0.15) is 56.6 Å². The Morgan fingerprint density at radius 2 is 1.90 bits per heavy atom. The predicted molar refractivity (Wildman–Crippen MR) is 118 cm³/mol. The molecule has 1 aromatic heterocycles. The van der Waals surface area contributed by atoms with Crippen molar-refractivity contribution < 1.29 is 19.1 Å². The van der Waals surface area contributed by atoms with E-state index in [-0.39, 0.29) is 35.7 Å². The van der Waals surface area contributed by atoms with Crippen molar-refractivity contribution in [1.82, 2.24) is 19.8 Å². The molecule has 0 N–H and O–H groups in total. The second-order valence-corrected chi connectivity index (χ2v) is 8.33. The van der Waals surface area contributed by atoms with Crippen molar-refractivity contribution in [1.29, 1.82) is 0 Å². The van der Waals surface area contributed by atoms with Crippen LogP contribution < -0.4 is 0 Å². The molecule has 1 aliphatic heterocycles. The Balaban J connectivity index is 1.81. The molecule has 1 atom stereocenters. The topological polar surface area (TPSA) is 92.7 Å². The number of aryl methyl sites for hydroxylation is 2. The Kier molecular flexibility index (Phi) is 7.04. The number of ether oxygens (including phenoxy) is 1. The van der Waals surface area contributed by atoms with Gasteiger partial charge in [0, 0.05) is 35.7 Å². The van der Waals surface area contributed by atoms with E-state index in [1.807, 2.05) is 19.1 Å². The summed E-state index contributed by atoms with van der Waals surface area (Å²) < 4.78 is 5.94. The van der Waals surface area contributed by atoms with Crippen LogP contribution in [-0.2, 0) is 4.74 Å². The lowest BCUT2D eigenvalue weighted by Crippen LogP contribution is -2.55. The zero-order chi connectivity index (χ0) is 22.7. The molecule has 2 aromatic rings. The molecule has 8 nitrogen and oxygen atoms in total. The van der Waals surface area contributed by atoms with Crippen molar-refractivity contribution in [2.75, 3.05) is 26.2 Å². The molecular formula is C22H25BrN4O4. The standard InChI is InChI=1S/C22H25BrN4O4/c1-5-31-22(30)18-14(3)24-15(4)25-19(18)21(29)26-9-10-27(13(2)12-26)20(28)16-7-6-8-17(23)11-16/h6-8,11,13H,5,9-10,12H2,1-4H3. The monoisotopic (exact) mass is 488 g/mol. The first-order valence-electron chi connectivity index (χ1n) is 10.1. The summed E-state index contributed by atoms with van der Waals surface area (Å²) in [6.07, 6.45) is 0. The van der Waals surface area contributed by atoms with Crippen LogP contribution in [0.4, 0.5) is 0 Å². The first-order valence-corrected chi connectivity index (χ1v) is 10.9. The third kappa shape index (κ3) is 4.92. The first kappa shape index (κ1) is 22.9. The fourth-order valence-corrected chi connectivity index (χ4v) is 4.10. The number of amides is 2. The molecule has 1 fully saturated rings. The second kappa shape index (κ2) is 9.55. The molecule has 0 spiro atoms. The summed E-state index contributed by atoms with van der Waals surface area (Å²) >= 11 is 3.39. The van der Waals surface area contributed by atoms with Crippen LogP contribution in [0.3, 0.4) is 0 Å². The Labute approximate surface area is 189 Å². The van der Waals surface area contributed by atoms with Crippen molar-refractivity contribution in [3.05, 3.63) is 57.1 Å². The van der Waals surface area contributed by atoms with Crippen molar-refractivity contribution in [3.63, 3.8) is 0 Å². The molecule has 0 radical (unpaired) electrons. The summed E-state index contributed by atoms with van der Waals surface area (Å²) in [4.78, 5) is 50.5. The van der Waals surface area contributed by atoms with E-state index in [1.54, 1.807) is 42.7 Å². The lowest BCUT2D eigenvalue weighted by Gasteiger charge is -2.40. The summed E-state index contributed by atoms with van der Waals surface area (Å²) in [5.41, 5.74) is 1.14. The van der Waals surface area contributed by atoms with Crippen molar-refractivity contribution in [2.45, 2.75) is 33.7 Å². The minimum absolute atomic E-state index is 0.0439. The van der Waals surface area contributed by atoms with E-state index in [0.717, 1.165) is 4.47 Å². The number of rotatable bonds is 4. The molecule has 9 heteroatoms. The fraction of sp³-hybridized carbons (Fsp3) is 0.409. The van der Waals surface area contributed by atoms with E-state index in [9.17, 15) is 14.4 Å². The fourth-order valence-electron chi connectivity index (χ4n) is 3.70. The summed E-state index contributed by atoms with van der Waals surface area (Å²) in [5, 5.41) is 0. The molecule has 1 aliphatic rings. The normalized spacial score (nSPS) is 16.2. The molecule has 1 unspecified atom stereocenters. The predicted octanol–water partition coefficient (Wildman–Crippen LogP) is 3.02. The molecule has 2 heterocycles. The number of carbonyl (C=O) groups excluding carboxylic acids is 3. The SMILES string of the molecule is CCOC(=O)c1c(C)nc(C)nc1C(=O)N1CCN(C(=O)c2cccc(Br)c2)C(C)C1. The number of piperazine rings is 1. The van der Waals surface area contributed by atoms with Crippen LogP contribution in [0.25, 0.3) is 0 Å². The van der Waals surface area contributed by atoms with E-state index >= 15 is 0 Å². The largest absolute Gasteiger partial charge is 0.462 e. The molecule has 0 aliphatic carbocycles. The minimum Gasteiger partial charge on any atom is -0.462 e. The van der Waals surface area contributed by atoms with E-state index in [1.165, 1.54) is 0 Å². The number of hydrogen-bond donors (Lipinski definition) is 0. The quantitative estimate of drug-likeness (QED) is 0.614. The van der Waals surface area contributed by atoms with Gasteiger partial charge in [-0.3, -0.25) is 9.59 Å². The Hall–Kier alpha value is -2.81. The average Bonchev–Trinajstić information content (AvgIpc) is 2.72. The highest BCUT2D eigenvalue weighted by Gasteiger charge is 2.34. The van der Waals surface area contributed by atoms with Gasteiger partial charge in [0.2, 0.25) is 0 Å². The van der Waals surface area contributed by atoms with Crippen LogP contribution >= 0.6 is 15.9 Å². The number of benzene rings is 1. The van der Waals surface area contributed by atoms with Crippen LogP contribution in [0, 0.1) is 13.8 Å². The Morgan fingerprint density at radius 1 is 1.16 bits per heavy atom. The second-order valence-electron chi connectivity index (χ2n) is 7.41. The molecule has 1 aromatic carbocycles. The van der Waals surface area contributed by atoms with Gasteiger partial charge < -0.3 is 14.5 Å². The molecule has 164 valence electrons. The third-order valence-corrected chi connectivity index (χ3v) is 5.62. The number of aromatic nitrogens is 2. The maximum atomic E-state index is 13.3. The van der Waals surface area contributed by atoms with Gasteiger partial charge in [-0.25, -0.2) is 14.8 Å². The van der Waals surface area contributed by atoms with Gasteiger partial charge in [0.1, 0.15) is 17.1 Å². The van der Waals surface area contributed by atoms with E-state index in [4.69, 9.17) is 4.74 Å². The van der Waals surface area contributed by atoms with Gasteiger partial charge in [0.05, 0.1) is 12.3 Å². The highest BCUT2D eigenvalue weighted by molar-refractivity contribution is 9.10. The molecule has 2 amide bonds. The van der Waals surface area contributed by atoms with Gasteiger partial charge >= 0.3 is 5.97 Å². The van der Waals surface area contributed by atoms with Crippen molar-refractivity contribution in [3.8, 4) is 0 Å². The Morgan fingerprint density at radius 3 is 2.55 bits per heavy atom. The maximum Gasteiger partial charge on any atom is 0.342 e. The van der Waals surface area contributed by atoms with Gasteiger partial charge in [-0.2, -0.15) is 0 Å². The van der Waals surface area contributed by atoms with Crippen LogP contribution in [0.5, 0.6) is 0 Å². The number of esters is 1. The zero-order valence-corrected chi connectivity index (χ0v) is 19.6. The maximum absolute atomic E-state index is 13.3. The first-order chi connectivity index (χ1) is 14.7. The summed E-state index contributed by atoms with van der Waals surface area (Å²) in [5.74, 6) is -0.648. The number of nitrogens with zero attached hydrogens (tertiary/aromatic N) is 4. The third-order valence-electron chi connectivity index (χ3n) is 5.13. The number of carbonyl (C=O) groups is 3. The van der Waals surface area contributed by atoms with Gasteiger partial charge in [0.25, 0.3) is 11.8 Å². The molecule has 31 heavy (non-hydrogen) atoms. The molecule has 0 saturated carbocycles. The van der Waals surface area contributed by atoms with E-state index < -0.39 is 5.97 Å². The lowest BCUT2D eigenvalue weighted by molar-refractivity contribution is 0.0406. The highest BCUT2D eigenvalue weighted by Crippen LogP contribution is 2.20. The smallest absolute Gasteiger partial charge is 0.342 e. The Bertz CT molecular complexity index is 1030. The van der Waals surface area contributed by atoms with Crippen molar-refractivity contribution >= 4 is 33.7 Å². The minimum atomic E-state index is -0.611. The highest BCUT2D eigenvalue weighted by atomic mass is 79.9. The molecule has 3 rings (SSSR count). The van der Waals surface area contributed by atoms with E-state index in [0.29, 0.717) is 36.7 Å². The summed E-state index contributed by atoms with van der Waals surface area (Å²) in [7, 11) is 0. The van der Waals surface area contributed by atoms with Gasteiger partial charge in [-0.05, 0) is 45.9 Å². The number of halogens is 1. The molecular weight excluding hydrogens is 464 g/mol. The van der Waals surface area contributed by atoms with Crippen LogP contribution in [0.2, 0.25) is 0 Å². The average molecular weight is 489 g/mol. The lowest BCUT2D eigenvalue weighted by atomic mass is 10.1. The number of hydrogen-bond acceptors (Lipinski definition) is 6. The summed E-state index contributed by atoms with van der Waals surface area (Å²) in [6, 6.07) is 7.04. The van der Waals surface area contributed by atoms with Crippen LogP contribution in [-0.4, -0.2) is 69.8 Å². The van der Waals surface area contributed by atoms with Crippen LogP contribution in [0.15, 0.2) is 28.7 Å². The summed E-state index contributed by atoms with van der Waals surface area (Å²) in [6.45, 7) is 8.19. The molecule has 0 bridgehead atoms. The zero-order valence-electron chi connectivity index (χ0n) is 18.0. The van der Waals surface area contributed by atoms with Gasteiger partial charge in [0.15, 0.2) is 0 Å². The molecule has 1 saturated heterocycles.